The Bertz CT molecular complexity index is 878. The van der Waals surface area contributed by atoms with Gasteiger partial charge in [-0.15, -0.1) is 0 Å². The minimum atomic E-state index is 0.211. The molecule has 1 aliphatic carbocycles. The fourth-order valence-electron chi connectivity index (χ4n) is 3.23. The molecule has 132 valence electrons. The molecule has 2 heterocycles. The number of aromatic nitrogens is 3. The molecular weight excluding hydrogens is 326 g/mol. The van der Waals surface area contributed by atoms with E-state index in [0.29, 0.717) is 17.8 Å². The van der Waals surface area contributed by atoms with E-state index in [4.69, 9.17) is 0 Å². The molecule has 1 saturated carbocycles. The van der Waals surface area contributed by atoms with Gasteiger partial charge in [0.2, 0.25) is 5.95 Å². The maximum Gasteiger partial charge on any atom is 0.225 e. The van der Waals surface area contributed by atoms with Crippen molar-refractivity contribution in [3.63, 3.8) is 0 Å². The van der Waals surface area contributed by atoms with E-state index in [1.165, 1.54) is 12.8 Å². The Morgan fingerprint density at radius 2 is 1.77 bits per heavy atom. The Morgan fingerprint density at radius 3 is 2.54 bits per heavy atom. The van der Waals surface area contributed by atoms with Gasteiger partial charge in [-0.05, 0) is 37.1 Å². The summed E-state index contributed by atoms with van der Waals surface area (Å²) in [6, 6.07) is 13.2. The van der Waals surface area contributed by atoms with Crippen LogP contribution in [0.15, 0.2) is 54.9 Å². The fourth-order valence-corrected chi connectivity index (χ4v) is 3.23. The summed E-state index contributed by atoms with van der Waals surface area (Å²) >= 11 is 0. The lowest BCUT2D eigenvalue weighted by atomic mass is 10.2. The predicted molar refractivity (Wildman–Crippen MR) is 103 cm³/mol. The third-order valence-corrected chi connectivity index (χ3v) is 4.51. The van der Waals surface area contributed by atoms with Crippen LogP contribution in [0.25, 0.3) is 11.3 Å². The lowest BCUT2D eigenvalue weighted by molar-refractivity contribution is 0.475. The molecule has 0 radical (unpaired) electrons. The van der Waals surface area contributed by atoms with E-state index in [0.717, 1.165) is 29.8 Å². The van der Waals surface area contributed by atoms with E-state index in [-0.39, 0.29) is 5.75 Å². The second-order valence-corrected chi connectivity index (χ2v) is 6.50. The van der Waals surface area contributed by atoms with Gasteiger partial charge in [0, 0.05) is 41.8 Å². The van der Waals surface area contributed by atoms with Gasteiger partial charge in [0.05, 0.1) is 5.69 Å². The molecule has 4 rings (SSSR count). The van der Waals surface area contributed by atoms with Gasteiger partial charge in [0.15, 0.2) is 0 Å². The highest BCUT2D eigenvalue weighted by atomic mass is 16.3. The van der Waals surface area contributed by atoms with Crippen molar-refractivity contribution in [1.82, 2.24) is 15.0 Å². The van der Waals surface area contributed by atoms with Gasteiger partial charge in [-0.25, -0.2) is 4.98 Å². The van der Waals surface area contributed by atoms with Crippen LogP contribution in [0.3, 0.4) is 0 Å². The molecule has 0 unspecified atom stereocenters. The van der Waals surface area contributed by atoms with Crippen molar-refractivity contribution >= 4 is 17.5 Å². The maximum atomic E-state index is 9.68. The molecule has 1 aliphatic rings. The normalized spacial score (nSPS) is 14.3. The number of benzene rings is 1. The third-order valence-electron chi connectivity index (χ3n) is 4.51. The molecule has 0 spiro atoms. The zero-order valence-corrected chi connectivity index (χ0v) is 14.4. The van der Waals surface area contributed by atoms with Gasteiger partial charge in [-0.2, -0.15) is 4.98 Å². The van der Waals surface area contributed by atoms with Gasteiger partial charge in [-0.3, -0.25) is 4.98 Å². The van der Waals surface area contributed by atoms with Crippen LogP contribution >= 0.6 is 0 Å². The average molecular weight is 347 g/mol. The number of anilines is 3. The van der Waals surface area contributed by atoms with Crippen LogP contribution in [0.1, 0.15) is 25.7 Å². The predicted octanol–water partition coefficient (Wildman–Crippen LogP) is 4.34. The van der Waals surface area contributed by atoms with E-state index < -0.39 is 0 Å². The summed E-state index contributed by atoms with van der Waals surface area (Å²) in [6.07, 6.45) is 8.30. The summed E-state index contributed by atoms with van der Waals surface area (Å²) < 4.78 is 0. The molecule has 2 aromatic heterocycles. The Kier molecular flexibility index (Phi) is 4.64. The first-order valence-electron chi connectivity index (χ1n) is 8.88. The molecule has 0 bridgehead atoms. The van der Waals surface area contributed by atoms with Gasteiger partial charge in [0.1, 0.15) is 11.6 Å². The van der Waals surface area contributed by atoms with E-state index in [1.54, 1.807) is 30.6 Å². The molecular formula is C20H21N5O. The Labute approximate surface area is 152 Å². The summed E-state index contributed by atoms with van der Waals surface area (Å²) in [5.41, 5.74) is 2.58. The van der Waals surface area contributed by atoms with Crippen molar-refractivity contribution in [3.8, 4) is 17.0 Å². The van der Waals surface area contributed by atoms with E-state index in [9.17, 15) is 5.11 Å². The van der Waals surface area contributed by atoms with Crippen molar-refractivity contribution in [3.05, 3.63) is 54.9 Å². The molecule has 1 fully saturated rings. The molecule has 26 heavy (non-hydrogen) atoms. The number of phenolic OH excluding ortho intramolecular Hbond substituents is 1. The Morgan fingerprint density at radius 1 is 0.962 bits per heavy atom. The molecule has 0 saturated heterocycles. The van der Waals surface area contributed by atoms with E-state index >= 15 is 0 Å². The SMILES string of the molecule is Oc1cccc(Nc2cc(-c3ccncc3)nc(NC3CCCC3)n2)c1. The minimum absolute atomic E-state index is 0.211. The molecule has 0 aliphatic heterocycles. The van der Waals surface area contributed by atoms with Crippen LogP contribution in [0.5, 0.6) is 5.75 Å². The summed E-state index contributed by atoms with van der Waals surface area (Å²) in [5, 5.41) is 16.4. The number of rotatable bonds is 5. The smallest absolute Gasteiger partial charge is 0.225 e. The molecule has 6 nitrogen and oxygen atoms in total. The van der Waals surface area contributed by atoms with Crippen LogP contribution in [0.2, 0.25) is 0 Å². The molecule has 6 heteroatoms. The fraction of sp³-hybridized carbons (Fsp3) is 0.250. The van der Waals surface area contributed by atoms with Gasteiger partial charge >= 0.3 is 0 Å². The standard InChI is InChI=1S/C20H21N5O/c26-17-7-3-6-16(12-17)22-19-13-18(14-8-10-21-11-9-14)24-20(25-19)23-15-4-1-2-5-15/h3,6-13,15,26H,1-2,4-5H2,(H2,22,23,24,25). The molecule has 0 atom stereocenters. The van der Waals surface area contributed by atoms with E-state index in [2.05, 4.69) is 25.6 Å². The lowest BCUT2D eigenvalue weighted by Gasteiger charge is -2.15. The monoisotopic (exact) mass is 347 g/mol. The van der Waals surface area contributed by atoms with Crippen LogP contribution < -0.4 is 10.6 Å². The number of hydrogen-bond acceptors (Lipinski definition) is 6. The van der Waals surface area contributed by atoms with Gasteiger partial charge in [0.25, 0.3) is 0 Å². The molecule has 3 N–H and O–H groups in total. The average Bonchev–Trinajstić information content (AvgIpc) is 3.15. The first-order chi connectivity index (χ1) is 12.8. The van der Waals surface area contributed by atoms with Gasteiger partial charge < -0.3 is 15.7 Å². The van der Waals surface area contributed by atoms with E-state index in [1.807, 2.05) is 24.3 Å². The van der Waals surface area contributed by atoms with Crippen LogP contribution in [0.4, 0.5) is 17.5 Å². The zero-order chi connectivity index (χ0) is 17.8. The second kappa shape index (κ2) is 7.39. The second-order valence-electron chi connectivity index (χ2n) is 6.50. The highest BCUT2D eigenvalue weighted by molar-refractivity contribution is 5.67. The quantitative estimate of drug-likeness (QED) is 0.637. The zero-order valence-electron chi connectivity index (χ0n) is 14.4. The third kappa shape index (κ3) is 3.91. The summed E-state index contributed by atoms with van der Waals surface area (Å²) in [5.74, 6) is 1.51. The Hall–Kier alpha value is -3.15. The van der Waals surface area contributed by atoms with Crippen molar-refractivity contribution in [2.24, 2.45) is 0 Å². The maximum absolute atomic E-state index is 9.68. The van der Waals surface area contributed by atoms with Crippen LogP contribution in [-0.4, -0.2) is 26.1 Å². The highest BCUT2D eigenvalue weighted by Crippen LogP contribution is 2.26. The molecule has 3 aromatic rings. The first kappa shape index (κ1) is 16.3. The van der Waals surface area contributed by atoms with Gasteiger partial charge in [-0.1, -0.05) is 18.9 Å². The minimum Gasteiger partial charge on any atom is -0.508 e. The number of nitrogens with one attached hydrogen (secondary N) is 2. The summed E-state index contributed by atoms with van der Waals surface area (Å²) in [6.45, 7) is 0. The van der Waals surface area contributed by atoms with Crippen molar-refractivity contribution < 1.29 is 5.11 Å². The number of phenols is 1. The summed E-state index contributed by atoms with van der Waals surface area (Å²) in [7, 11) is 0. The van der Waals surface area contributed by atoms with Crippen molar-refractivity contribution in [2.75, 3.05) is 10.6 Å². The van der Waals surface area contributed by atoms with Crippen molar-refractivity contribution in [1.29, 1.82) is 0 Å². The number of pyridine rings is 1. The number of hydrogen-bond donors (Lipinski definition) is 3. The number of aromatic hydroxyl groups is 1. The first-order valence-corrected chi connectivity index (χ1v) is 8.88. The largest absolute Gasteiger partial charge is 0.508 e. The topological polar surface area (TPSA) is 83.0 Å². The van der Waals surface area contributed by atoms with Crippen LogP contribution in [0, 0.1) is 0 Å². The molecule has 0 amide bonds. The summed E-state index contributed by atoms with van der Waals surface area (Å²) in [4.78, 5) is 13.4. The highest BCUT2D eigenvalue weighted by Gasteiger charge is 2.17. The molecule has 1 aromatic carbocycles. The lowest BCUT2D eigenvalue weighted by Crippen LogP contribution is -2.17. The Balaban J connectivity index is 1.67. The van der Waals surface area contributed by atoms with Crippen molar-refractivity contribution in [2.45, 2.75) is 31.7 Å². The number of nitrogens with zero attached hydrogens (tertiary/aromatic N) is 3. The van der Waals surface area contributed by atoms with Crippen LogP contribution in [-0.2, 0) is 0 Å².